The van der Waals surface area contributed by atoms with Crippen LogP contribution in [0.25, 0.3) is 0 Å². The molecule has 0 aromatic carbocycles. The van der Waals surface area contributed by atoms with Crippen molar-refractivity contribution in [2.24, 2.45) is 11.8 Å². The molecule has 1 saturated heterocycles. The normalized spacial score (nSPS) is 29.2. The molecule has 0 amide bonds. The van der Waals surface area contributed by atoms with Gasteiger partial charge in [-0.3, -0.25) is 0 Å². The van der Waals surface area contributed by atoms with E-state index in [0.29, 0.717) is 0 Å². The van der Waals surface area contributed by atoms with Gasteiger partial charge in [-0.1, -0.05) is 20.8 Å². The molecule has 0 saturated carbocycles. The summed E-state index contributed by atoms with van der Waals surface area (Å²) in [5, 5.41) is 3.52. The van der Waals surface area contributed by atoms with E-state index in [1.54, 1.807) is 0 Å². The largest absolute Gasteiger partial charge is 0.316 e. The third-order valence-electron chi connectivity index (χ3n) is 3.97. The van der Waals surface area contributed by atoms with E-state index in [2.05, 4.69) is 37.9 Å². The zero-order valence-corrected chi connectivity index (χ0v) is 11.6. The fourth-order valence-corrected chi connectivity index (χ4v) is 2.67. The van der Waals surface area contributed by atoms with Gasteiger partial charge in [-0.15, -0.1) is 0 Å². The van der Waals surface area contributed by atoms with Gasteiger partial charge < -0.3 is 10.2 Å². The molecule has 1 aliphatic rings. The van der Waals surface area contributed by atoms with Crippen molar-refractivity contribution in [1.82, 2.24) is 10.2 Å². The molecule has 2 nitrogen and oxygen atoms in total. The van der Waals surface area contributed by atoms with Crippen LogP contribution in [0.3, 0.4) is 0 Å². The molecule has 1 N–H and O–H groups in total. The van der Waals surface area contributed by atoms with E-state index < -0.39 is 0 Å². The van der Waals surface area contributed by atoms with Crippen LogP contribution in [0.2, 0.25) is 0 Å². The standard InChI is InChI=1S/C14H30N2/c1-5-8-15-10-12(2)11-16-9-6-7-13(3)14(16)4/h12-15H,5-11H2,1-4H3. The number of piperidine rings is 1. The fourth-order valence-electron chi connectivity index (χ4n) is 2.67. The average Bonchev–Trinajstić information content (AvgIpc) is 2.25. The lowest BCUT2D eigenvalue weighted by atomic mass is 9.91. The Morgan fingerprint density at radius 3 is 2.81 bits per heavy atom. The summed E-state index contributed by atoms with van der Waals surface area (Å²) in [6, 6.07) is 0.780. The van der Waals surface area contributed by atoms with E-state index in [0.717, 1.165) is 24.4 Å². The lowest BCUT2D eigenvalue weighted by Gasteiger charge is -2.39. The van der Waals surface area contributed by atoms with Crippen molar-refractivity contribution in [2.45, 2.75) is 53.0 Å². The summed E-state index contributed by atoms with van der Waals surface area (Å²) in [6.45, 7) is 14.3. The topological polar surface area (TPSA) is 15.3 Å². The van der Waals surface area contributed by atoms with Crippen LogP contribution in [-0.2, 0) is 0 Å². The smallest absolute Gasteiger partial charge is 0.00926 e. The monoisotopic (exact) mass is 226 g/mol. The predicted octanol–water partition coefficient (Wildman–Crippen LogP) is 2.74. The Bertz CT molecular complexity index is 182. The Balaban J connectivity index is 2.23. The first-order valence-electron chi connectivity index (χ1n) is 7.09. The minimum Gasteiger partial charge on any atom is -0.316 e. The lowest BCUT2D eigenvalue weighted by Crippen LogP contribution is -2.45. The van der Waals surface area contributed by atoms with Gasteiger partial charge in [-0.05, 0) is 57.7 Å². The van der Waals surface area contributed by atoms with Gasteiger partial charge in [0.05, 0.1) is 0 Å². The van der Waals surface area contributed by atoms with Gasteiger partial charge >= 0.3 is 0 Å². The van der Waals surface area contributed by atoms with E-state index in [-0.39, 0.29) is 0 Å². The van der Waals surface area contributed by atoms with E-state index in [9.17, 15) is 0 Å². The summed E-state index contributed by atoms with van der Waals surface area (Å²) in [6.07, 6.45) is 4.05. The molecule has 0 bridgehead atoms. The molecule has 0 spiro atoms. The third kappa shape index (κ3) is 4.42. The highest BCUT2D eigenvalue weighted by molar-refractivity contribution is 4.79. The first-order chi connectivity index (χ1) is 7.65. The molecule has 0 aliphatic carbocycles. The van der Waals surface area contributed by atoms with Gasteiger partial charge in [0.1, 0.15) is 0 Å². The van der Waals surface area contributed by atoms with Crippen molar-refractivity contribution in [3.8, 4) is 0 Å². The molecule has 16 heavy (non-hydrogen) atoms. The van der Waals surface area contributed by atoms with Crippen LogP contribution in [-0.4, -0.2) is 37.1 Å². The Hall–Kier alpha value is -0.0800. The summed E-state index contributed by atoms with van der Waals surface area (Å²) < 4.78 is 0. The number of nitrogens with zero attached hydrogens (tertiary/aromatic N) is 1. The summed E-state index contributed by atoms with van der Waals surface area (Å²) >= 11 is 0. The van der Waals surface area contributed by atoms with Gasteiger partial charge in [0, 0.05) is 12.6 Å². The Labute approximate surface area is 102 Å². The maximum atomic E-state index is 3.52. The van der Waals surface area contributed by atoms with Gasteiger partial charge in [0.15, 0.2) is 0 Å². The minimum absolute atomic E-state index is 0.777. The van der Waals surface area contributed by atoms with Crippen LogP contribution in [0.1, 0.15) is 47.0 Å². The number of likely N-dealkylation sites (tertiary alicyclic amines) is 1. The second kappa shape index (κ2) is 7.29. The number of hydrogen-bond donors (Lipinski definition) is 1. The molecule has 96 valence electrons. The molecule has 0 aromatic heterocycles. The van der Waals surface area contributed by atoms with Crippen molar-refractivity contribution < 1.29 is 0 Å². The van der Waals surface area contributed by atoms with Crippen LogP contribution >= 0.6 is 0 Å². The van der Waals surface area contributed by atoms with E-state index in [1.165, 1.54) is 38.9 Å². The molecule has 1 rings (SSSR count). The van der Waals surface area contributed by atoms with Crippen LogP contribution in [0, 0.1) is 11.8 Å². The Morgan fingerprint density at radius 2 is 2.12 bits per heavy atom. The summed E-state index contributed by atoms with van der Waals surface area (Å²) in [5.74, 6) is 1.66. The highest BCUT2D eigenvalue weighted by atomic mass is 15.2. The molecule has 1 fully saturated rings. The number of hydrogen-bond acceptors (Lipinski definition) is 2. The van der Waals surface area contributed by atoms with Crippen LogP contribution in [0.5, 0.6) is 0 Å². The van der Waals surface area contributed by atoms with Crippen molar-refractivity contribution in [2.75, 3.05) is 26.2 Å². The number of rotatable bonds is 6. The van der Waals surface area contributed by atoms with Crippen LogP contribution < -0.4 is 5.32 Å². The fraction of sp³-hybridized carbons (Fsp3) is 1.00. The molecule has 2 heteroatoms. The highest BCUT2D eigenvalue weighted by Crippen LogP contribution is 2.23. The SMILES string of the molecule is CCCNCC(C)CN1CCCC(C)C1C. The van der Waals surface area contributed by atoms with Crippen molar-refractivity contribution in [3.63, 3.8) is 0 Å². The van der Waals surface area contributed by atoms with Gasteiger partial charge in [-0.25, -0.2) is 0 Å². The molecule has 0 radical (unpaired) electrons. The zero-order chi connectivity index (χ0) is 12.0. The third-order valence-corrected chi connectivity index (χ3v) is 3.97. The maximum Gasteiger partial charge on any atom is 0.00926 e. The number of nitrogens with one attached hydrogen (secondary N) is 1. The summed E-state index contributed by atoms with van der Waals surface area (Å²) in [5.41, 5.74) is 0. The average molecular weight is 226 g/mol. The quantitative estimate of drug-likeness (QED) is 0.701. The lowest BCUT2D eigenvalue weighted by molar-refractivity contribution is 0.0979. The highest BCUT2D eigenvalue weighted by Gasteiger charge is 2.25. The summed E-state index contributed by atoms with van der Waals surface area (Å²) in [4.78, 5) is 2.69. The van der Waals surface area contributed by atoms with E-state index >= 15 is 0 Å². The second-order valence-electron chi connectivity index (χ2n) is 5.66. The minimum atomic E-state index is 0.777. The van der Waals surface area contributed by atoms with Gasteiger partial charge in [-0.2, -0.15) is 0 Å². The van der Waals surface area contributed by atoms with E-state index in [4.69, 9.17) is 0 Å². The molecule has 1 heterocycles. The van der Waals surface area contributed by atoms with E-state index in [1.807, 2.05) is 0 Å². The first-order valence-corrected chi connectivity index (χ1v) is 7.09. The van der Waals surface area contributed by atoms with Gasteiger partial charge in [0.2, 0.25) is 0 Å². The van der Waals surface area contributed by atoms with Crippen molar-refractivity contribution >= 4 is 0 Å². The van der Waals surface area contributed by atoms with Gasteiger partial charge in [0.25, 0.3) is 0 Å². The molecular formula is C14H30N2. The first kappa shape index (κ1) is 14.0. The summed E-state index contributed by atoms with van der Waals surface area (Å²) in [7, 11) is 0. The van der Waals surface area contributed by atoms with Crippen LogP contribution in [0.15, 0.2) is 0 Å². The molecular weight excluding hydrogens is 196 g/mol. The van der Waals surface area contributed by atoms with Crippen LogP contribution in [0.4, 0.5) is 0 Å². The Morgan fingerprint density at radius 1 is 1.38 bits per heavy atom. The predicted molar refractivity (Wildman–Crippen MR) is 71.8 cm³/mol. The second-order valence-corrected chi connectivity index (χ2v) is 5.66. The molecule has 3 atom stereocenters. The zero-order valence-electron chi connectivity index (χ0n) is 11.6. The molecule has 1 aliphatic heterocycles. The van der Waals surface area contributed by atoms with Crippen molar-refractivity contribution in [3.05, 3.63) is 0 Å². The molecule has 0 aromatic rings. The van der Waals surface area contributed by atoms with Crippen molar-refractivity contribution in [1.29, 1.82) is 0 Å². The molecule has 3 unspecified atom stereocenters. The Kier molecular flexibility index (Phi) is 6.37. The maximum absolute atomic E-state index is 3.52.